The molecule has 0 fully saturated rings. The molecule has 4 heteroatoms. The second kappa shape index (κ2) is 7.70. The number of carbonyl (C=O) groups excluding carboxylic acids is 1. The summed E-state index contributed by atoms with van der Waals surface area (Å²) in [5.41, 5.74) is 1.63. The molecule has 0 bridgehead atoms. The topological polar surface area (TPSA) is 29.5 Å². The molecule has 2 rings (SSSR count). The zero-order valence-electron chi connectivity index (χ0n) is 12.0. The second-order valence-corrected chi connectivity index (χ2v) is 4.98. The summed E-state index contributed by atoms with van der Waals surface area (Å²) >= 11 is 5.84. The van der Waals surface area contributed by atoms with E-state index in [4.69, 9.17) is 16.3 Å². The standard InChI is InChI=1S/C17H18ClNO2/c1-21-16-10-6-5-9-15(16)17(20)19(12-11-18)13-14-7-3-2-4-8-14/h2-10H,11-13H2,1H3. The van der Waals surface area contributed by atoms with Gasteiger partial charge in [0.1, 0.15) is 5.75 Å². The predicted octanol–water partition coefficient (Wildman–Crippen LogP) is 3.58. The molecule has 0 N–H and O–H groups in total. The maximum atomic E-state index is 12.7. The maximum absolute atomic E-state index is 12.7. The molecule has 0 aliphatic rings. The summed E-state index contributed by atoms with van der Waals surface area (Å²) in [6.45, 7) is 1.03. The third-order valence-electron chi connectivity index (χ3n) is 3.20. The van der Waals surface area contributed by atoms with Crippen molar-refractivity contribution in [3.8, 4) is 5.75 Å². The molecule has 2 aromatic rings. The largest absolute Gasteiger partial charge is 0.496 e. The lowest BCUT2D eigenvalue weighted by molar-refractivity contribution is 0.0750. The third-order valence-corrected chi connectivity index (χ3v) is 3.36. The molecule has 0 aliphatic carbocycles. The molecular formula is C17H18ClNO2. The van der Waals surface area contributed by atoms with Gasteiger partial charge in [0.05, 0.1) is 12.7 Å². The van der Waals surface area contributed by atoms with Crippen LogP contribution in [0.3, 0.4) is 0 Å². The number of nitrogens with zero attached hydrogens (tertiary/aromatic N) is 1. The van der Waals surface area contributed by atoms with Crippen LogP contribution in [-0.4, -0.2) is 30.3 Å². The van der Waals surface area contributed by atoms with Crippen LogP contribution in [0.15, 0.2) is 54.6 Å². The Kier molecular flexibility index (Phi) is 5.64. The number of hydrogen-bond donors (Lipinski definition) is 0. The van der Waals surface area contributed by atoms with Gasteiger partial charge in [-0.05, 0) is 17.7 Å². The van der Waals surface area contributed by atoms with Crippen molar-refractivity contribution in [1.29, 1.82) is 0 Å². The number of rotatable bonds is 6. The monoisotopic (exact) mass is 303 g/mol. The molecule has 0 aromatic heterocycles. The summed E-state index contributed by atoms with van der Waals surface area (Å²) in [6.07, 6.45) is 0. The van der Waals surface area contributed by atoms with E-state index in [0.29, 0.717) is 30.3 Å². The summed E-state index contributed by atoms with van der Waals surface area (Å²) in [4.78, 5) is 14.4. The quantitative estimate of drug-likeness (QED) is 0.763. The van der Waals surface area contributed by atoms with Gasteiger partial charge in [-0.15, -0.1) is 11.6 Å². The Morgan fingerprint density at radius 3 is 2.43 bits per heavy atom. The molecule has 0 heterocycles. The lowest BCUT2D eigenvalue weighted by atomic mass is 10.1. The van der Waals surface area contributed by atoms with Crippen molar-refractivity contribution in [2.45, 2.75) is 6.54 Å². The van der Waals surface area contributed by atoms with Crippen LogP contribution in [-0.2, 0) is 6.54 Å². The fourth-order valence-corrected chi connectivity index (χ4v) is 2.35. The van der Waals surface area contributed by atoms with Gasteiger partial charge in [-0.2, -0.15) is 0 Å². The fourth-order valence-electron chi connectivity index (χ4n) is 2.15. The van der Waals surface area contributed by atoms with Gasteiger partial charge < -0.3 is 9.64 Å². The number of benzene rings is 2. The molecule has 1 amide bonds. The Morgan fingerprint density at radius 1 is 1.10 bits per heavy atom. The Labute approximate surface area is 130 Å². The zero-order chi connectivity index (χ0) is 15.1. The van der Waals surface area contributed by atoms with Crippen LogP contribution in [0.25, 0.3) is 0 Å². The van der Waals surface area contributed by atoms with E-state index in [0.717, 1.165) is 5.56 Å². The minimum Gasteiger partial charge on any atom is -0.496 e. The molecule has 2 aromatic carbocycles. The molecule has 0 saturated heterocycles. The van der Waals surface area contributed by atoms with Crippen LogP contribution in [0.5, 0.6) is 5.75 Å². The maximum Gasteiger partial charge on any atom is 0.257 e. The van der Waals surface area contributed by atoms with Crippen molar-refractivity contribution in [3.63, 3.8) is 0 Å². The van der Waals surface area contributed by atoms with Gasteiger partial charge in [-0.1, -0.05) is 42.5 Å². The minimum atomic E-state index is -0.0723. The molecule has 3 nitrogen and oxygen atoms in total. The van der Waals surface area contributed by atoms with Crippen molar-refractivity contribution in [2.75, 3.05) is 19.5 Å². The predicted molar refractivity (Wildman–Crippen MR) is 84.9 cm³/mol. The Morgan fingerprint density at radius 2 is 1.76 bits per heavy atom. The zero-order valence-corrected chi connectivity index (χ0v) is 12.7. The van der Waals surface area contributed by atoms with Gasteiger partial charge in [0, 0.05) is 19.0 Å². The molecule has 0 atom stereocenters. The van der Waals surface area contributed by atoms with E-state index in [2.05, 4.69) is 0 Å². The highest BCUT2D eigenvalue weighted by Crippen LogP contribution is 2.20. The van der Waals surface area contributed by atoms with Crippen LogP contribution in [0.1, 0.15) is 15.9 Å². The highest BCUT2D eigenvalue weighted by Gasteiger charge is 2.19. The number of halogens is 1. The van der Waals surface area contributed by atoms with Gasteiger partial charge in [0.2, 0.25) is 0 Å². The molecule has 0 spiro atoms. The smallest absolute Gasteiger partial charge is 0.257 e. The minimum absolute atomic E-state index is 0.0723. The number of ether oxygens (including phenoxy) is 1. The molecule has 110 valence electrons. The molecule has 0 unspecified atom stereocenters. The van der Waals surface area contributed by atoms with Crippen LogP contribution in [0.4, 0.5) is 0 Å². The molecule has 0 radical (unpaired) electrons. The van der Waals surface area contributed by atoms with Gasteiger partial charge in [0.15, 0.2) is 0 Å². The number of methoxy groups -OCH3 is 1. The Hall–Kier alpha value is -2.00. The first-order chi connectivity index (χ1) is 10.3. The third kappa shape index (κ3) is 3.99. The lowest BCUT2D eigenvalue weighted by Gasteiger charge is -2.22. The first-order valence-corrected chi connectivity index (χ1v) is 7.32. The normalized spacial score (nSPS) is 10.2. The van der Waals surface area contributed by atoms with E-state index in [1.54, 1.807) is 24.1 Å². The van der Waals surface area contributed by atoms with Crippen molar-refractivity contribution < 1.29 is 9.53 Å². The van der Waals surface area contributed by atoms with Crippen molar-refractivity contribution in [1.82, 2.24) is 4.90 Å². The Balaban J connectivity index is 2.23. The van der Waals surface area contributed by atoms with Gasteiger partial charge in [-0.25, -0.2) is 0 Å². The van der Waals surface area contributed by atoms with Gasteiger partial charge >= 0.3 is 0 Å². The molecular weight excluding hydrogens is 286 g/mol. The van der Waals surface area contributed by atoms with E-state index in [9.17, 15) is 4.79 Å². The van der Waals surface area contributed by atoms with Crippen molar-refractivity contribution in [3.05, 3.63) is 65.7 Å². The summed E-state index contributed by atoms with van der Waals surface area (Å²) in [7, 11) is 1.56. The number of para-hydroxylation sites is 1. The molecule has 21 heavy (non-hydrogen) atoms. The summed E-state index contributed by atoms with van der Waals surface area (Å²) < 4.78 is 5.26. The van der Waals surface area contributed by atoms with E-state index < -0.39 is 0 Å². The van der Waals surface area contributed by atoms with Crippen molar-refractivity contribution >= 4 is 17.5 Å². The average molecular weight is 304 g/mol. The highest BCUT2D eigenvalue weighted by atomic mass is 35.5. The Bertz CT molecular complexity index is 586. The molecule has 0 saturated carbocycles. The first kappa shape index (κ1) is 15.4. The average Bonchev–Trinajstić information content (AvgIpc) is 2.54. The SMILES string of the molecule is COc1ccccc1C(=O)N(CCCl)Cc1ccccc1. The highest BCUT2D eigenvalue weighted by molar-refractivity contribution is 6.18. The van der Waals surface area contributed by atoms with Crippen LogP contribution in [0.2, 0.25) is 0 Å². The van der Waals surface area contributed by atoms with Crippen molar-refractivity contribution in [2.24, 2.45) is 0 Å². The van der Waals surface area contributed by atoms with Gasteiger partial charge in [0.25, 0.3) is 5.91 Å². The first-order valence-electron chi connectivity index (χ1n) is 6.78. The number of carbonyl (C=O) groups is 1. The van der Waals surface area contributed by atoms with E-state index in [1.165, 1.54) is 0 Å². The van der Waals surface area contributed by atoms with Gasteiger partial charge in [-0.3, -0.25) is 4.79 Å². The number of alkyl halides is 1. The van der Waals surface area contributed by atoms with E-state index in [1.807, 2.05) is 42.5 Å². The number of amides is 1. The number of hydrogen-bond acceptors (Lipinski definition) is 2. The second-order valence-electron chi connectivity index (χ2n) is 4.60. The van der Waals surface area contributed by atoms with E-state index in [-0.39, 0.29) is 5.91 Å². The van der Waals surface area contributed by atoms with E-state index >= 15 is 0 Å². The van der Waals surface area contributed by atoms with Crippen LogP contribution in [0, 0.1) is 0 Å². The summed E-state index contributed by atoms with van der Waals surface area (Å²) in [5, 5.41) is 0. The summed E-state index contributed by atoms with van der Waals surface area (Å²) in [5.74, 6) is 0.903. The fraction of sp³-hybridized carbons (Fsp3) is 0.235. The molecule has 0 aliphatic heterocycles. The van der Waals surface area contributed by atoms with Crippen LogP contribution < -0.4 is 4.74 Å². The summed E-state index contributed by atoms with van der Waals surface area (Å²) in [6, 6.07) is 17.1. The lowest BCUT2D eigenvalue weighted by Crippen LogP contribution is -2.32. The van der Waals surface area contributed by atoms with Crippen LogP contribution >= 0.6 is 11.6 Å².